The van der Waals surface area contributed by atoms with E-state index >= 15 is 0 Å². The number of thioether (sulfide) groups is 1. The number of aryl methyl sites for hydroxylation is 1. The van der Waals surface area contributed by atoms with E-state index in [0.717, 1.165) is 29.3 Å². The molecule has 0 radical (unpaired) electrons. The number of rotatable bonds is 7. The Morgan fingerprint density at radius 1 is 1.17 bits per heavy atom. The molecule has 0 spiro atoms. The summed E-state index contributed by atoms with van der Waals surface area (Å²) in [5.74, 6) is 2.07. The molecule has 0 aliphatic heterocycles. The molecule has 9 nitrogen and oxygen atoms in total. The van der Waals surface area contributed by atoms with Crippen molar-refractivity contribution >= 4 is 23.3 Å². The summed E-state index contributed by atoms with van der Waals surface area (Å²) in [5, 5.41) is 23.2. The van der Waals surface area contributed by atoms with Gasteiger partial charge in [0.15, 0.2) is 17.3 Å². The van der Waals surface area contributed by atoms with Crippen LogP contribution in [0.2, 0.25) is 0 Å². The molecule has 1 atom stereocenters. The lowest BCUT2D eigenvalue weighted by Gasteiger charge is -2.17. The van der Waals surface area contributed by atoms with Crippen molar-refractivity contribution < 1.29 is 4.79 Å². The zero-order valence-corrected chi connectivity index (χ0v) is 16.9. The lowest BCUT2D eigenvalue weighted by molar-refractivity contribution is 0.0933. The summed E-state index contributed by atoms with van der Waals surface area (Å²) in [6.07, 6.45) is 4.69. The van der Waals surface area contributed by atoms with E-state index in [9.17, 15) is 4.79 Å². The SMILES string of the molecule is CSCC[C@H](NC(=O)c1cccc(-n2nnnc2C)c1)c1nnc2ccccn12. The second kappa shape index (κ2) is 8.39. The van der Waals surface area contributed by atoms with E-state index < -0.39 is 0 Å². The van der Waals surface area contributed by atoms with Crippen LogP contribution in [-0.2, 0) is 0 Å². The highest BCUT2D eigenvalue weighted by atomic mass is 32.2. The number of fused-ring (bicyclic) bond motifs is 1. The Kier molecular flexibility index (Phi) is 5.52. The maximum atomic E-state index is 13.0. The molecule has 0 unspecified atom stereocenters. The number of nitrogens with one attached hydrogen (secondary N) is 1. The van der Waals surface area contributed by atoms with Gasteiger partial charge in [0, 0.05) is 11.8 Å². The first-order valence-corrected chi connectivity index (χ1v) is 10.5. The second-order valence-corrected chi connectivity index (χ2v) is 7.47. The van der Waals surface area contributed by atoms with Crippen molar-refractivity contribution in [2.24, 2.45) is 0 Å². The monoisotopic (exact) mass is 408 g/mol. The lowest BCUT2D eigenvalue weighted by atomic mass is 10.1. The molecule has 0 aliphatic rings. The molecule has 4 aromatic rings. The predicted octanol–water partition coefficient (Wildman–Crippen LogP) is 2.24. The van der Waals surface area contributed by atoms with Crippen LogP contribution >= 0.6 is 11.8 Å². The summed E-state index contributed by atoms with van der Waals surface area (Å²) in [6, 6.07) is 12.7. The number of nitrogens with zero attached hydrogens (tertiary/aromatic N) is 7. The van der Waals surface area contributed by atoms with Gasteiger partial charge >= 0.3 is 0 Å². The molecule has 0 saturated heterocycles. The summed E-state index contributed by atoms with van der Waals surface area (Å²) in [4.78, 5) is 13.0. The van der Waals surface area contributed by atoms with Gasteiger partial charge in [-0.1, -0.05) is 12.1 Å². The highest BCUT2D eigenvalue weighted by Crippen LogP contribution is 2.19. The molecular formula is C19H20N8OS. The highest BCUT2D eigenvalue weighted by molar-refractivity contribution is 7.98. The van der Waals surface area contributed by atoms with Gasteiger partial charge in [-0.25, -0.2) is 0 Å². The van der Waals surface area contributed by atoms with Crippen LogP contribution in [0.4, 0.5) is 0 Å². The third kappa shape index (κ3) is 3.97. The van der Waals surface area contributed by atoms with Gasteiger partial charge in [-0.05, 0) is 66.1 Å². The van der Waals surface area contributed by atoms with Crippen LogP contribution in [0.5, 0.6) is 0 Å². The number of aromatic nitrogens is 7. The topological polar surface area (TPSA) is 103 Å². The summed E-state index contributed by atoms with van der Waals surface area (Å²) >= 11 is 1.72. The zero-order chi connectivity index (χ0) is 20.2. The summed E-state index contributed by atoms with van der Waals surface area (Å²) in [6.45, 7) is 1.81. The minimum Gasteiger partial charge on any atom is -0.342 e. The van der Waals surface area contributed by atoms with Crippen LogP contribution in [0.25, 0.3) is 11.3 Å². The first kappa shape index (κ1) is 19.1. The molecule has 0 bridgehead atoms. The van der Waals surface area contributed by atoms with E-state index in [2.05, 4.69) is 31.0 Å². The predicted molar refractivity (Wildman–Crippen MR) is 110 cm³/mol. The third-order valence-electron chi connectivity index (χ3n) is 4.55. The maximum absolute atomic E-state index is 13.0. The number of hydrogen-bond acceptors (Lipinski definition) is 7. The van der Waals surface area contributed by atoms with E-state index in [1.807, 2.05) is 54.1 Å². The highest BCUT2D eigenvalue weighted by Gasteiger charge is 2.21. The van der Waals surface area contributed by atoms with E-state index in [1.54, 1.807) is 28.6 Å². The molecule has 3 aromatic heterocycles. The largest absolute Gasteiger partial charge is 0.342 e. The number of carbonyl (C=O) groups excluding carboxylic acids is 1. The fourth-order valence-electron chi connectivity index (χ4n) is 3.09. The number of tetrazole rings is 1. The van der Waals surface area contributed by atoms with Crippen molar-refractivity contribution in [1.82, 2.24) is 40.1 Å². The van der Waals surface area contributed by atoms with Gasteiger partial charge in [0.2, 0.25) is 0 Å². The molecule has 148 valence electrons. The Hall–Kier alpha value is -3.27. The average Bonchev–Trinajstić information content (AvgIpc) is 3.37. The van der Waals surface area contributed by atoms with Gasteiger partial charge in [0.1, 0.15) is 0 Å². The van der Waals surface area contributed by atoms with Crippen molar-refractivity contribution in [2.45, 2.75) is 19.4 Å². The normalized spacial score (nSPS) is 12.2. The minimum absolute atomic E-state index is 0.184. The maximum Gasteiger partial charge on any atom is 0.251 e. The van der Waals surface area contributed by atoms with Crippen LogP contribution in [0.1, 0.15) is 34.5 Å². The fourth-order valence-corrected chi connectivity index (χ4v) is 3.56. The molecule has 29 heavy (non-hydrogen) atoms. The van der Waals surface area contributed by atoms with Crippen molar-refractivity contribution in [3.63, 3.8) is 0 Å². The van der Waals surface area contributed by atoms with E-state index in [0.29, 0.717) is 11.4 Å². The van der Waals surface area contributed by atoms with E-state index in [-0.39, 0.29) is 11.9 Å². The van der Waals surface area contributed by atoms with Crippen LogP contribution < -0.4 is 5.32 Å². The standard InChI is InChI=1S/C19H20N8OS/c1-13-21-24-25-27(13)15-7-5-6-14(12-15)19(28)20-16(9-11-29-2)18-23-22-17-8-3-4-10-26(17)18/h3-8,10,12,16H,9,11H2,1-2H3,(H,20,28)/t16-/m0/s1. The van der Waals surface area contributed by atoms with Gasteiger partial charge in [0.25, 0.3) is 5.91 Å². The Bertz CT molecular complexity index is 1140. The van der Waals surface area contributed by atoms with Crippen molar-refractivity contribution in [3.8, 4) is 5.69 Å². The van der Waals surface area contributed by atoms with E-state index in [1.165, 1.54) is 0 Å². The zero-order valence-electron chi connectivity index (χ0n) is 16.1. The minimum atomic E-state index is -0.259. The van der Waals surface area contributed by atoms with Gasteiger partial charge in [-0.2, -0.15) is 16.4 Å². The first-order valence-electron chi connectivity index (χ1n) is 9.12. The van der Waals surface area contributed by atoms with Gasteiger partial charge in [0.05, 0.1) is 11.7 Å². The van der Waals surface area contributed by atoms with Crippen LogP contribution in [0.3, 0.4) is 0 Å². The Morgan fingerprint density at radius 2 is 2.07 bits per heavy atom. The summed E-state index contributed by atoms with van der Waals surface area (Å²) in [7, 11) is 0. The molecular weight excluding hydrogens is 388 g/mol. The number of pyridine rings is 1. The summed E-state index contributed by atoms with van der Waals surface area (Å²) in [5.41, 5.74) is 2.01. The number of hydrogen-bond donors (Lipinski definition) is 1. The molecule has 4 rings (SSSR count). The van der Waals surface area contributed by atoms with Crippen molar-refractivity contribution in [2.75, 3.05) is 12.0 Å². The molecule has 10 heteroatoms. The molecule has 1 N–H and O–H groups in total. The van der Waals surface area contributed by atoms with Crippen LogP contribution in [-0.4, -0.2) is 52.7 Å². The summed E-state index contributed by atoms with van der Waals surface area (Å²) < 4.78 is 3.50. The van der Waals surface area contributed by atoms with Crippen molar-refractivity contribution in [3.05, 3.63) is 65.9 Å². The molecule has 0 aliphatic carbocycles. The fraction of sp³-hybridized carbons (Fsp3) is 0.263. The quantitative estimate of drug-likeness (QED) is 0.500. The molecule has 0 fully saturated rings. The number of carbonyl (C=O) groups is 1. The molecule has 1 amide bonds. The van der Waals surface area contributed by atoms with Gasteiger partial charge < -0.3 is 5.32 Å². The molecule has 0 saturated carbocycles. The van der Waals surface area contributed by atoms with Crippen LogP contribution in [0, 0.1) is 6.92 Å². The Morgan fingerprint density at radius 3 is 2.86 bits per heavy atom. The number of amides is 1. The van der Waals surface area contributed by atoms with Gasteiger partial charge in [-0.15, -0.1) is 15.3 Å². The molecule has 1 aromatic carbocycles. The lowest BCUT2D eigenvalue weighted by Crippen LogP contribution is -2.30. The van der Waals surface area contributed by atoms with Gasteiger partial charge in [-0.3, -0.25) is 9.20 Å². The second-order valence-electron chi connectivity index (χ2n) is 6.48. The van der Waals surface area contributed by atoms with Crippen LogP contribution in [0.15, 0.2) is 48.7 Å². The third-order valence-corrected chi connectivity index (χ3v) is 5.19. The molecule has 3 heterocycles. The first-order chi connectivity index (χ1) is 14.2. The Balaban J connectivity index is 1.61. The van der Waals surface area contributed by atoms with E-state index in [4.69, 9.17) is 0 Å². The average molecular weight is 408 g/mol. The van der Waals surface area contributed by atoms with Crippen molar-refractivity contribution in [1.29, 1.82) is 0 Å². The smallest absolute Gasteiger partial charge is 0.251 e. The number of benzene rings is 1. The Labute approximate surface area is 171 Å².